The summed E-state index contributed by atoms with van der Waals surface area (Å²) < 4.78 is 2.09. The molecule has 1 amide bonds. The van der Waals surface area contributed by atoms with Gasteiger partial charge in [0.2, 0.25) is 5.91 Å². The zero-order valence-corrected chi connectivity index (χ0v) is 16.1. The van der Waals surface area contributed by atoms with E-state index in [0.717, 1.165) is 44.3 Å². The van der Waals surface area contributed by atoms with Crippen LogP contribution in [0.25, 0.3) is 0 Å². The zero-order valence-electron chi connectivity index (χ0n) is 16.1. The molecule has 2 aromatic rings. The Morgan fingerprint density at radius 3 is 2.59 bits per heavy atom. The van der Waals surface area contributed by atoms with Gasteiger partial charge in [-0.3, -0.25) is 19.4 Å². The van der Waals surface area contributed by atoms with Gasteiger partial charge in [-0.15, -0.1) is 0 Å². The molecule has 0 spiro atoms. The van der Waals surface area contributed by atoms with E-state index in [4.69, 9.17) is 0 Å². The number of amides is 1. The summed E-state index contributed by atoms with van der Waals surface area (Å²) in [5.41, 5.74) is 2.20. The summed E-state index contributed by atoms with van der Waals surface area (Å²) in [5.74, 6) is 0.128. The number of nitrogens with one attached hydrogen (secondary N) is 1. The SMILES string of the molecule is Cc1cnn(C2CCC(NC(=O)C(c3cccnc3)N3CCCC3)CC2)c1. The van der Waals surface area contributed by atoms with Crippen molar-refractivity contribution in [3.05, 3.63) is 48.0 Å². The number of rotatable bonds is 5. The molecule has 2 fully saturated rings. The van der Waals surface area contributed by atoms with Crippen molar-refractivity contribution in [2.75, 3.05) is 13.1 Å². The largest absolute Gasteiger partial charge is 0.352 e. The van der Waals surface area contributed by atoms with Gasteiger partial charge in [0.1, 0.15) is 6.04 Å². The number of aryl methyl sites for hydroxylation is 1. The summed E-state index contributed by atoms with van der Waals surface area (Å²) in [4.78, 5) is 19.7. The van der Waals surface area contributed by atoms with E-state index in [1.165, 1.54) is 18.4 Å². The van der Waals surface area contributed by atoms with Gasteiger partial charge in [-0.2, -0.15) is 5.10 Å². The number of aromatic nitrogens is 3. The predicted octanol–water partition coefficient (Wildman–Crippen LogP) is 3.02. The number of pyridine rings is 1. The maximum absolute atomic E-state index is 13.2. The third-order valence-corrected chi connectivity index (χ3v) is 5.90. The molecule has 1 saturated heterocycles. The van der Waals surface area contributed by atoms with Crippen LogP contribution in [0.2, 0.25) is 0 Å². The number of carbonyl (C=O) groups is 1. The van der Waals surface area contributed by atoms with E-state index in [0.29, 0.717) is 6.04 Å². The fraction of sp³-hybridized carbons (Fsp3) is 0.571. The van der Waals surface area contributed by atoms with Crippen molar-refractivity contribution in [3.63, 3.8) is 0 Å². The van der Waals surface area contributed by atoms with Gasteiger partial charge in [-0.05, 0) is 75.7 Å². The van der Waals surface area contributed by atoms with E-state index in [-0.39, 0.29) is 18.0 Å². The van der Waals surface area contributed by atoms with Crippen LogP contribution in [0.1, 0.15) is 61.7 Å². The molecule has 1 atom stereocenters. The third kappa shape index (κ3) is 4.21. The number of nitrogens with zero attached hydrogens (tertiary/aromatic N) is 4. The number of likely N-dealkylation sites (tertiary alicyclic amines) is 1. The van der Waals surface area contributed by atoms with Gasteiger partial charge >= 0.3 is 0 Å². The molecular weight excluding hydrogens is 338 g/mol. The third-order valence-electron chi connectivity index (χ3n) is 5.90. The van der Waals surface area contributed by atoms with Crippen LogP contribution in [-0.2, 0) is 4.79 Å². The fourth-order valence-corrected chi connectivity index (χ4v) is 4.46. The Morgan fingerprint density at radius 1 is 1.19 bits per heavy atom. The zero-order chi connectivity index (χ0) is 18.6. The van der Waals surface area contributed by atoms with Crippen molar-refractivity contribution in [1.82, 2.24) is 25.0 Å². The second-order valence-corrected chi connectivity index (χ2v) is 7.94. The van der Waals surface area contributed by atoms with Crippen LogP contribution in [0.4, 0.5) is 0 Å². The molecule has 4 rings (SSSR count). The second-order valence-electron chi connectivity index (χ2n) is 7.94. The highest BCUT2D eigenvalue weighted by Gasteiger charge is 2.32. The summed E-state index contributed by atoms with van der Waals surface area (Å²) in [6.45, 7) is 4.04. The van der Waals surface area contributed by atoms with Crippen LogP contribution in [0.5, 0.6) is 0 Å². The first-order valence-corrected chi connectivity index (χ1v) is 10.2. The highest BCUT2D eigenvalue weighted by atomic mass is 16.2. The minimum atomic E-state index is -0.215. The summed E-state index contributed by atoms with van der Waals surface area (Å²) >= 11 is 0. The summed E-state index contributed by atoms with van der Waals surface area (Å²) in [6, 6.07) is 4.44. The molecule has 0 bridgehead atoms. The molecule has 2 aliphatic rings. The molecule has 1 aliphatic carbocycles. The standard InChI is InChI=1S/C21H29N5O/c1-16-13-23-26(15-16)19-8-6-18(7-9-19)24-21(27)20(25-11-2-3-12-25)17-5-4-10-22-14-17/h4-5,10,13-15,18-20H,2-3,6-9,11-12H2,1H3,(H,24,27). The van der Waals surface area contributed by atoms with Crippen molar-refractivity contribution in [3.8, 4) is 0 Å². The van der Waals surface area contributed by atoms with Crippen molar-refractivity contribution >= 4 is 5.91 Å². The van der Waals surface area contributed by atoms with Crippen molar-refractivity contribution in [1.29, 1.82) is 0 Å². The molecule has 6 nitrogen and oxygen atoms in total. The van der Waals surface area contributed by atoms with Crippen LogP contribution in [0, 0.1) is 6.92 Å². The van der Waals surface area contributed by atoms with Crippen LogP contribution in [0.3, 0.4) is 0 Å². The molecule has 1 N–H and O–H groups in total. The first-order valence-electron chi connectivity index (χ1n) is 10.2. The maximum atomic E-state index is 13.2. The van der Waals surface area contributed by atoms with Gasteiger partial charge in [-0.1, -0.05) is 6.07 Å². The first-order chi connectivity index (χ1) is 13.2. The van der Waals surface area contributed by atoms with E-state index in [1.807, 2.05) is 24.5 Å². The van der Waals surface area contributed by atoms with Gasteiger partial charge in [0.15, 0.2) is 0 Å². The van der Waals surface area contributed by atoms with Crippen molar-refractivity contribution in [2.45, 2.75) is 63.6 Å². The van der Waals surface area contributed by atoms with E-state index < -0.39 is 0 Å². The Hall–Kier alpha value is -2.21. The number of hydrogen-bond acceptors (Lipinski definition) is 4. The first kappa shape index (κ1) is 18.2. The van der Waals surface area contributed by atoms with Gasteiger partial charge in [0.25, 0.3) is 0 Å². The van der Waals surface area contributed by atoms with E-state index >= 15 is 0 Å². The molecule has 1 saturated carbocycles. The Labute approximate surface area is 161 Å². The quantitative estimate of drug-likeness (QED) is 0.882. The Bertz CT molecular complexity index is 745. The van der Waals surface area contributed by atoms with E-state index in [9.17, 15) is 4.79 Å². The average Bonchev–Trinajstić information content (AvgIpc) is 3.36. The molecule has 0 radical (unpaired) electrons. The van der Waals surface area contributed by atoms with Crippen LogP contribution >= 0.6 is 0 Å². The molecule has 0 aromatic carbocycles. The Kier molecular flexibility index (Phi) is 5.53. The smallest absolute Gasteiger partial charge is 0.242 e. The minimum absolute atomic E-state index is 0.128. The Morgan fingerprint density at radius 2 is 1.96 bits per heavy atom. The molecule has 2 aromatic heterocycles. The average molecular weight is 367 g/mol. The summed E-state index contributed by atoms with van der Waals surface area (Å²) in [7, 11) is 0. The molecule has 1 unspecified atom stereocenters. The second kappa shape index (κ2) is 8.21. The highest BCUT2D eigenvalue weighted by molar-refractivity contribution is 5.83. The van der Waals surface area contributed by atoms with Crippen molar-refractivity contribution in [2.24, 2.45) is 0 Å². The lowest BCUT2D eigenvalue weighted by Crippen LogP contribution is -2.45. The van der Waals surface area contributed by atoms with Gasteiger partial charge in [0, 0.05) is 24.6 Å². The normalized spacial score (nSPS) is 24.6. The molecule has 6 heteroatoms. The van der Waals surface area contributed by atoms with Crippen LogP contribution in [0.15, 0.2) is 36.9 Å². The van der Waals surface area contributed by atoms with E-state index in [2.05, 4.69) is 38.1 Å². The van der Waals surface area contributed by atoms with Crippen LogP contribution < -0.4 is 5.32 Å². The van der Waals surface area contributed by atoms with Gasteiger partial charge < -0.3 is 5.32 Å². The highest BCUT2D eigenvalue weighted by Crippen LogP contribution is 2.30. The minimum Gasteiger partial charge on any atom is -0.352 e. The predicted molar refractivity (Wildman–Crippen MR) is 104 cm³/mol. The van der Waals surface area contributed by atoms with Crippen LogP contribution in [-0.4, -0.2) is 44.7 Å². The van der Waals surface area contributed by atoms with Gasteiger partial charge in [-0.25, -0.2) is 0 Å². The molecular formula is C21H29N5O. The lowest BCUT2D eigenvalue weighted by atomic mass is 9.91. The van der Waals surface area contributed by atoms with E-state index in [1.54, 1.807) is 6.20 Å². The molecule has 144 valence electrons. The summed E-state index contributed by atoms with van der Waals surface area (Å²) in [5, 5.41) is 7.79. The number of hydrogen-bond donors (Lipinski definition) is 1. The maximum Gasteiger partial charge on any atom is 0.242 e. The molecule has 27 heavy (non-hydrogen) atoms. The Balaban J connectivity index is 1.38. The summed E-state index contributed by atoms with van der Waals surface area (Å²) in [6.07, 6.45) is 14.1. The monoisotopic (exact) mass is 367 g/mol. The topological polar surface area (TPSA) is 63.1 Å². The van der Waals surface area contributed by atoms with Crippen molar-refractivity contribution < 1.29 is 4.79 Å². The van der Waals surface area contributed by atoms with Gasteiger partial charge in [0.05, 0.1) is 12.2 Å². The molecule has 3 heterocycles. The number of carbonyl (C=O) groups excluding carboxylic acids is 1. The lowest BCUT2D eigenvalue weighted by Gasteiger charge is -2.32. The lowest BCUT2D eigenvalue weighted by molar-refractivity contribution is -0.127. The fourth-order valence-electron chi connectivity index (χ4n) is 4.46. The molecule has 1 aliphatic heterocycles.